The molecular weight excluding hydrogens is 424 g/mol. The molecule has 1 saturated heterocycles. The molecule has 0 spiro atoms. The smallest absolute Gasteiger partial charge is 0.138 e. The Labute approximate surface area is 206 Å². The Morgan fingerprint density at radius 1 is 1.00 bits per heavy atom. The maximum absolute atomic E-state index is 12.8. The van der Waals surface area contributed by atoms with Crippen LogP contribution in [0, 0.1) is 45.3 Å². The van der Waals surface area contributed by atoms with Crippen LogP contribution in [0.2, 0.25) is 0 Å². The molecule has 10 atom stereocenters. The number of hydrogen-bond acceptors (Lipinski definition) is 4. The lowest BCUT2D eigenvalue weighted by molar-refractivity contribution is -0.146. The first kappa shape index (κ1) is 25.0. The number of aliphatic hydroxyl groups excluding tert-OH is 2. The van der Waals surface area contributed by atoms with Crippen molar-refractivity contribution in [1.82, 2.24) is 0 Å². The van der Waals surface area contributed by atoms with Crippen molar-refractivity contribution in [3.63, 3.8) is 0 Å². The molecule has 1 heterocycles. The van der Waals surface area contributed by atoms with Crippen molar-refractivity contribution in [2.75, 3.05) is 0 Å². The van der Waals surface area contributed by atoms with E-state index in [2.05, 4.69) is 47.6 Å². The van der Waals surface area contributed by atoms with E-state index in [0.29, 0.717) is 23.5 Å². The number of rotatable bonds is 2. The van der Waals surface area contributed by atoms with Crippen molar-refractivity contribution >= 4 is 5.78 Å². The maximum Gasteiger partial charge on any atom is 0.138 e. The molecule has 192 valence electrons. The number of ketones is 1. The van der Waals surface area contributed by atoms with E-state index in [-0.39, 0.29) is 33.7 Å². The summed E-state index contributed by atoms with van der Waals surface area (Å²) in [5.41, 5.74) is 1.24. The fraction of sp³-hybridized carbons (Fsp3) is 0.900. The number of carbonyl (C=O) groups is 1. The minimum Gasteiger partial charge on any atom is -0.388 e. The Morgan fingerprint density at radius 2 is 1.68 bits per heavy atom. The molecule has 2 N–H and O–H groups in total. The first-order valence-electron chi connectivity index (χ1n) is 13.9. The van der Waals surface area contributed by atoms with Crippen LogP contribution in [0.3, 0.4) is 0 Å². The van der Waals surface area contributed by atoms with Gasteiger partial charge in [0, 0.05) is 11.8 Å². The van der Waals surface area contributed by atoms with Crippen LogP contribution in [-0.2, 0) is 9.53 Å². The molecule has 34 heavy (non-hydrogen) atoms. The average Bonchev–Trinajstić information content (AvgIpc) is 3.15. The summed E-state index contributed by atoms with van der Waals surface area (Å²) in [5.74, 6) is 2.10. The van der Waals surface area contributed by atoms with Crippen molar-refractivity contribution < 1.29 is 19.7 Å². The molecule has 3 saturated carbocycles. The third-order valence-electron chi connectivity index (χ3n) is 12.6. The molecule has 0 radical (unpaired) electrons. The number of carbonyl (C=O) groups excluding carboxylic acids is 1. The Balaban J connectivity index is 1.47. The summed E-state index contributed by atoms with van der Waals surface area (Å²) in [6, 6.07) is 0. The van der Waals surface area contributed by atoms with Gasteiger partial charge < -0.3 is 14.9 Å². The molecule has 5 rings (SSSR count). The number of hydrogen-bond donors (Lipinski definition) is 2. The van der Waals surface area contributed by atoms with E-state index in [0.717, 1.165) is 25.7 Å². The van der Waals surface area contributed by atoms with Gasteiger partial charge in [0.05, 0.1) is 11.7 Å². The van der Waals surface area contributed by atoms with Crippen LogP contribution >= 0.6 is 0 Å². The predicted molar refractivity (Wildman–Crippen MR) is 134 cm³/mol. The maximum atomic E-state index is 12.8. The Morgan fingerprint density at radius 3 is 2.29 bits per heavy atom. The summed E-state index contributed by atoms with van der Waals surface area (Å²) in [5, 5.41) is 21.5. The number of aliphatic hydroxyl groups is 2. The van der Waals surface area contributed by atoms with Gasteiger partial charge in [-0.05, 0) is 92.3 Å². The third-order valence-corrected chi connectivity index (χ3v) is 12.6. The van der Waals surface area contributed by atoms with Gasteiger partial charge in [-0.3, -0.25) is 4.79 Å². The lowest BCUT2D eigenvalue weighted by Gasteiger charge is -2.63. The van der Waals surface area contributed by atoms with Gasteiger partial charge in [-0.1, -0.05) is 53.2 Å². The van der Waals surface area contributed by atoms with Gasteiger partial charge in [-0.2, -0.15) is 0 Å². The first-order chi connectivity index (χ1) is 15.6. The Bertz CT molecular complexity index is 903. The molecule has 0 aromatic heterocycles. The standard InChI is InChI=1S/C30H48O4/c1-17(24-23(32)25(33)27(4,5)34-24)18-11-15-30(8)20-9-10-21-26(2,3)22(31)13-14-28(21,6)19(20)12-16-29(18,30)7/h9,17-19,21,23-25,32-33H,10-16H2,1-8H3/t17-,18+,19+,21+,23-,24-,25+,28-,29+,30-/m1/s1. The highest BCUT2D eigenvalue weighted by Crippen LogP contribution is 2.73. The first-order valence-corrected chi connectivity index (χ1v) is 13.9. The van der Waals surface area contributed by atoms with E-state index < -0.39 is 17.8 Å². The SMILES string of the molecule is C[C@@H]([C@H]1OC(C)(C)[C@@H](O)[C@@H]1O)[C@@H]1CC[C@]2(C)C3=CC[C@H]4C(C)(C)C(=O)CC[C@]4(C)[C@H]3CC[C@@]12C. The van der Waals surface area contributed by atoms with Crippen molar-refractivity contribution in [2.45, 2.75) is 124 Å². The summed E-state index contributed by atoms with van der Waals surface area (Å²) in [6.07, 6.45) is 8.07. The number of fused-ring (bicyclic) bond motifs is 5. The van der Waals surface area contributed by atoms with E-state index in [4.69, 9.17) is 4.74 Å². The van der Waals surface area contributed by atoms with Crippen LogP contribution in [0.4, 0.5) is 0 Å². The quantitative estimate of drug-likeness (QED) is 0.506. The minimum absolute atomic E-state index is 0.145. The average molecular weight is 473 g/mol. The van der Waals surface area contributed by atoms with Gasteiger partial charge in [-0.15, -0.1) is 0 Å². The second-order valence-electron chi connectivity index (χ2n) is 14.6. The van der Waals surface area contributed by atoms with Crippen molar-refractivity contribution in [1.29, 1.82) is 0 Å². The highest BCUT2D eigenvalue weighted by molar-refractivity contribution is 5.85. The zero-order valence-corrected chi connectivity index (χ0v) is 22.8. The number of allylic oxidation sites excluding steroid dienone is 2. The summed E-state index contributed by atoms with van der Waals surface area (Å²) in [6.45, 7) is 17.9. The van der Waals surface area contributed by atoms with E-state index in [1.165, 1.54) is 19.3 Å². The fourth-order valence-corrected chi connectivity index (χ4v) is 10.1. The monoisotopic (exact) mass is 472 g/mol. The lowest BCUT2D eigenvalue weighted by atomic mass is 9.41. The zero-order valence-electron chi connectivity index (χ0n) is 22.8. The lowest BCUT2D eigenvalue weighted by Crippen LogP contribution is -2.57. The van der Waals surface area contributed by atoms with Gasteiger partial charge in [0.2, 0.25) is 0 Å². The molecule has 4 fully saturated rings. The van der Waals surface area contributed by atoms with Crippen molar-refractivity contribution in [3.8, 4) is 0 Å². The van der Waals surface area contributed by atoms with Crippen molar-refractivity contribution in [2.24, 2.45) is 45.3 Å². The largest absolute Gasteiger partial charge is 0.388 e. The zero-order chi connectivity index (χ0) is 25.1. The summed E-state index contributed by atoms with van der Waals surface area (Å²) in [7, 11) is 0. The van der Waals surface area contributed by atoms with E-state index >= 15 is 0 Å². The number of ether oxygens (including phenoxy) is 1. The predicted octanol–water partition coefficient (Wildman–Crippen LogP) is 5.70. The molecule has 0 amide bonds. The van der Waals surface area contributed by atoms with Crippen LogP contribution < -0.4 is 0 Å². The van der Waals surface area contributed by atoms with Gasteiger partial charge >= 0.3 is 0 Å². The van der Waals surface area contributed by atoms with Gasteiger partial charge in [-0.25, -0.2) is 0 Å². The summed E-state index contributed by atoms with van der Waals surface area (Å²) < 4.78 is 6.28. The molecule has 4 nitrogen and oxygen atoms in total. The Kier molecular flexibility index (Phi) is 5.44. The van der Waals surface area contributed by atoms with Gasteiger partial charge in [0.25, 0.3) is 0 Å². The van der Waals surface area contributed by atoms with Crippen LogP contribution in [0.15, 0.2) is 11.6 Å². The molecule has 0 unspecified atom stereocenters. The molecule has 5 aliphatic rings. The molecule has 0 bridgehead atoms. The van der Waals surface area contributed by atoms with Crippen molar-refractivity contribution in [3.05, 3.63) is 11.6 Å². The molecule has 0 aromatic rings. The summed E-state index contributed by atoms with van der Waals surface area (Å²) in [4.78, 5) is 12.8. The third kappa shape index (κ3) is 2.97. The normalized spacial score (nSPS) is 52.4. The van der Waals surface area contributed by atoms with E-state index in [1.54, 1.807) is 5.57 Å². The second kappa shape index (κ2) is 7.42. The van der Waals surface area contributed by atoms with E-state index in [1.807, 2.05) is 13.8 Å². The fourth-order valence-electron chi connectivity index (χ4n) is 10.1. The topological polar surface area (TPSA) is 66.8 Å². The summed E-state index contributed by atoms with van der Waals surface area (Å²) >= 11 is 0. The van der Waals surface area contributed by atoms with Gasteiger partial charge in [0.15, 0.2) is 0 Å². The molecule has 4 heteroatoms. The number of Topliss-reactive ketones (excluding diaryl/α,β-unsaturated/α-hetero) is 1. The van der Waals surface area contributed by atoms with Gasteiger partial charge in [0.1, 0.15) is 18.0 Å². The molecular formula is C30H48O4. The van der Waals surface area contributed by atoms with Crippen LogP contribution in [0.1, 0.15) is 100 Å². The highest BCUT2D eigenvalue weighted by Gasteiger charge is 2.66. The van der Waals surface area contributed by atoms with Crippen LogP contribution in [-0.4, -0.2) is 39.9 Å². The van der Waals surface area contributed by atoms with E-state index in [9.17, 15) is 15.0 Å². The Hall–Kier alpha value is -0.710. The minimum atomic E-state index is -0.841. The highest BCUT2D eigenvalue weighted by atomic mass is 16.6. The van der Waals surface area contributed by atoms with Crippen LogP contribution in [0.25, 0.3) is 0 Å². The van der Waals surface area contributed by atoms with Crippen LogP contribution in [0.5, 0.6) is 0 Å². The molecule has 4 aliphatic carbocycles. The molecule has 1 aliphatic heterocycles. The molecule has 0 aromatic carbocycles. The second-order valence-corrected chi connectivity index (χ2v) is 14.6.